The number of aliphatic hydroxyl groups is 1. The third-order valence-electron chi connectivity index (χ3n) is 2.90. The minimum absolute atomic E-state index is 0.0214. The normalized spacial score (nSPS) is 11.8. The van der Waals surface area contributed by atoms with Crippen molar-refractivity contribution >= 4 is 17.3 Å². The molecule has 0 saturated carbocycles. The number of likely N-dealkylation sites (N-methyl/N-ethyl adjacent to an activating group) is 1. The largest absolute Gasteiger partial charge is 0.389 e. The van der Waals surface area contributed by atoms with Crippen LogP contribution < -0.4 is 5.32 Å². The monoisotopic (exact) mass is 297 g/mol. The first kappa shape index (κ1) is 16.9. The van der Waals surface area contributed by atoms with E-state index in [1.165, 1.54) is 37.3 Å². The summed E-state index contributed by atoms with van der Waals surface area (Å²) in [6.45, 7) is 0.101. The van der Waals surface area contributed by atoms with Crippen LogP contribution in [-0.2, 0) is 4.74 Å². The number of carbonyl (C=O) groups is 1. The molecule has 1 aromatic rings. The number of nitrogens with zero attached hydrogens (tertiary/aromatic N) is 2. The van der Waals surface area contributed by atoms with Gasteiger partial charge in [0.05, 0.1) is 17.6 Å². The van der Waals surface area contributed by atoms with Gasteiger partial charge in [-0.1, -0.05) is 0 Å². The van der Waals surface area contributed by atoms with Crippen molar-refractivity contribution in [1.82, 2.24) is 4.90 Å². The molecule has 116 valence electrons. The smallest absolute Gasteiger partial charge is 0.282 e. The van der Waals surface area contributed by atoms with E-state index in [2.05, 4.69) is 5.32 Å². The molecule has 1 unspecified atom stereocenters. The van der Waals surface area contributed by atoms with Crippen molar-refractivity contribution in [3.8, 4) is 0 Å². The molecular weight excluding hydrogens is 278 g/mol. The van der Waals surface area contributed by atoms with Gasteiger partial charge in [0.2, 0.25) is 0 Å². The maximum absolute atomic E-state index is 12.3. The SMILES string of the molecule is CNc1ccc([N+](=O)[O-])c(C(=O)N(C)CC(O)COC)c1. The zero-order valence-corrected chi connectivity index (χ0v) is 12.2. The van der Waals surface area contributed by atoms with E-state index in [4.69, 9.17) is 4.74 Å². The summed E-state index contributed by atoms with van der Waals surface area (Å²) in [7, 11) is 4.56. The Morgan fingerprint density at radius 2 is 2.24 bits per heavy atom. The lowest BCUT2D eigenvalue weighted by Crippen LogP contribution is -2.36. The molecule has 1 amide bonds. The fraction of sp³-hybridized carbons (Fsp3) is 0.462. The summed E-state index contributed by atoms with van der Waals surface area (Å²) in [4.78, 5) is 24.0. The van der Waals surface area contributed by atoms with Gasteiger partial charge in [0.1, 0.15) is 5.56 Å². The first-order valence-corrected chi connectivity index (χ1v) is 6.29. The summed E-state index contributed by atoms with van der Waals surface area (Å²) < 4.78 is 4.78. The number of ether oxygens (including phenoxy) is 1. The van der Waals surface area contributed by atoms with Crippen LogP contribution in [0.3, 0.4) is 0 Å². The molecule has 0 radical (unpaired) electrons. The van der Waals surface area contributed by atoms with E-state index in [1.807, 2.05) is 0 Å². The molecule has 2 N–H and O–H groups in total. The first-order chi connectivity index (χ1) is 9.90. The van der Waals surface area contributed by atoms with Crippen molar-refractivity contribution in [3.63, 3.8) is 0 Å². The maximum Gasteiger partial charge on any atom is 0.282 e. The summed E-state index contributed by atoms with van der Waals surface area (Å²) >= 11 is 0. The third-order valence-corrected chi connectivity index (χ3v) is 2.90. The van der Waals surface area contributed by atoms with Gasteiger partial charge >= 0.3 is 0 Å². The number of methoxy groups -OCH3 is 1. The molecule has 8 nitrogen and oxygen atoms in total. The number of rotatable bonds is 7. The molecule has 0 saturated heterocycles. The number of hydrogen-bond acceptors (Lipinski definition) is 6. The topological polar surface area (TPSA) is 105 Å². The molecule has 1 aromatic carbocycles. The lowest BCUT2D eigenvalue weighted by molar-refractivity contribution is -0.385. The van der Waals surface area contributed by atoms with Crippen LogP contribution in [0.25, 0.3) is 0 Å². The Morgan fingerprint density at radius 3 is 2.76 bits per heavy atom. The van der Waals surface area contributed by atoms with Gasteiger partial charge < -0.3 is 20.1 Å². The van der Waals surface area contributed by atoms with Crippen LogP contribution in [0.15, 0.2) is 18.2 Å². The van der Waals surface area contributed by atoms with Crippen molar-refractivity contribution in [3.05, 3.63) is 33.9 Å². The van der Waals surface area contributed by atoms with Crippen LogP contribution in [-0.4, -0.2) is 61.3 Å². The van der Waals surface area contributed by atoms with Crippen LogP contribution in [0.1, 0.15) is 10.4 Å². The number of nitrogens with one attached hydrogen (secondary N) is 1. The summed E-state index contributed by atoms with van der Waals surface area (Å²) in [5, 5.41) is 23.5. The molecule has 0 fully saturated rings. The van der Waals surface area contributed by atoms with Crippen LogP contribution in [0, 0.1) is 10.1 Å². The van der Waals surface area contributed by atoms with E-state index in [0.717, 1.165) is 0 Å². The number of amides is 1. The Morgan fingerprint density at radius 1 is 1.57 bits per heavy atom. The molecule has 0 heterocycles. The summed E-state index contributed by atoms with van der Waals surface area (Å²) in [6.07, 6.45) is -0.851. The fourth-order valence-corrected chi connectivity index (χ4v) is 1.87. The number of nitro groups is 1. The predicted molar refractivity (Wildman–Crippen MR) is 77.5 cm³/mol. The average Bonchev–Trinajstić information content (AvgIpc) is 2.45. The third kappa shape index (κ3) is 4.40. The van der Waals surface area contributed by atoms with Crippen molar-refractivity contribution in [2.45, 2.75) is 6.10 Å². The number of benzene rings is 1. The van der Waals surface area contributed by atoms with E-state index in [0.29, 0.717) is 5.69 Å². The van der Waals surface area contributed by atoms with E-state index < -0.39 is 16.9 Å². The van der Waals surface area contributed by atoms with E-state index in [1.54, 1.807) is 7.05 Å². The second-order valence-electron chi connectivity index (χ2n) is 4.53. The lowest BCUT2D eigenvalue weighted by Gasteiger charge is -2.20. The minimum Gasteiger partial charge on any atom is -0.389 e. The Bertz CT molecular complexity index is 521. The van der Waals surface area contributed by atoms with Crippen molar-refractivity contribution < 1.29 is 19.6 Å². The van der Waals surface area contributed by atoms with Crippen molar-refractivity contribution in [1.29, 1.82) is 0 Å². The number of nitro benzene ring substituents is 1. The lowest BCUT2D eigenvalue weighted by atomic mass is 10.1. The van der Waals surface area contributed by atoms with Gasteiger partial charge in [-0.15, -0.1) is 0 Å². The van der Waals surface area contributed by atoms with Gasteiger partial charge in [-0.3, -0.25) is 14.9 Å². The molecular formula is C13H19N3O5. The predicted octanol–water partition coefficient (Wildman–Crippen LogP) is 0.716. The molecule has 21 heavy (non-hydrogen) atoms. The first-order valence-electron chi connectivity index (χ1n) is 6.29. The standard InChI is InChI=1S/C13H19N3O5/c1-14-9-4-5-12(16(19)20)11(6-9)13(18)15(2)7-10(17)8-21-3/h4-6,10,14,17H,7-8H2,1-3H3. The van der Waals surface area contributed by atoms with Gasteiger partial charge in [-0.2, -0.15) is 0 Å². The van der Waals surface area contributed by atoms with Gasteiger partial charge in [0, 0.05) is 39.5 Å². The highest BCUT2D eigenvalue weighted by Crippen LogP contribution is 2.23. The molecule has 1 atom stereocenters. The van der Waals surface area contributed by atoms with Gasteiger partial charge in [-0.25, -0.2) is 0 Å². The number of carbonyl (C=O) groups excluding carboxylic acids is 1. The molecule has 0 aliphatic rings. The zero-order chi connectivity index (χ0) is 16.0. The Hall–Kier alpha value is -2.19. The van der Waals surface area contributed by atoms with E-state index >= 15 is 0 Å². The molecule has 0 aliphatic carbocycles. The van der Waals surface area contributed by atoms with Gasteiger partial charge in [0.25, 0.3) is 11.6 Å². The maximum atomic E-state index is 12.3. The highest BCUT2D eigenvalue weighted by atomic mass is 16.6. The van der Waals surface area contributed by atoms with Crippen LogP contribution >= 0.6 is 0 Å². The Kier molecular flexibility index (Phi) is 6.07. The number of anilines is 1. The highest BCUT2D eigenvalue weighted by Gasteiger charge is 2.24. The molecule has 0 aliphatic heterocycles. The molecule has 0 aromatic heterocycles. The van der Waals surface area contributed by atoms with Crippen LogP contribution in [0.5, 0.6) is 0 Å². The minimum atomic E-state index is -0.851. The zero-order valence-electron chi connectivity index (χ0n) is 12.2. The second-order valence-corrected chi connectivity index (χ2v) is 4.53. The average molecular weight is 297 g/mol. The van der Waals surface area contributed by atoms with E-state index in [9.17, 15) is 20.0 Å². The summed E-state index contributed by atoms with van der Waals surface area (Å²) in [5.41, 5.74) is 0.292. The number of hydrogen-bond donors (Lipinski definition) is 2. The second kappa shape index (κ2) is 7.55. The van der Waals surface area contributed by atoms with Crippen LogP contribution in [0.2, 0.25) is 0 Å². The fourth-order valence-electron chi connectivity index (χ4n) is 1.87. The summed E-state index contributed by atoms with van der Waals surface area (Å²) in [6, 6.07) is 4.22. The Balaban J connectivity index is 3.01. The van der Waals surface area contributed by atoms with Crippen molar-refractivity contribution in [2.24, 2.45) is 0 Å². The molecule has 0 spiro atoms. The molecule has 8 heteroatoms. The van der Waals surface area contributed by atoms with Gasteiger partial charge in [0.15, 0.2) is 0 Å². The van der Waals surface area contributed by atoms with E-state index in [-0.39, 0.29) is 24.4 Å². The van der Waals surface area contributed by atoms with Crippen LogP contribution in [0.4, 0.5) is 11.4 Å². The Labute approximate surface area is 122 Å². The van der Waals surface area contributed by atoms with Crippen molar-refractivity contribution in [2.75, 3.05) is 39.7 Å². The molecule has 1 rings (SSSR count). The quantitative estimate of drug-likeness (QED) is 0.567. The highest BCUT2D eigenvalue weighted by molar-refractivity contribution is 5.99. The molecule has 0 bridgehead atoms. The van der Waals surface area contributed by atoms with Gasteiger partial charge in [-0.05, 0) is 12.1 Å². The summed E-state index contributed by atoms with van der Waals surface area (Å²) in [5.74, 6) is -0.533. The number of aliphatic hydroxyl groups excluding tert-OH is 1.